The molecule has 0 bridgehead atoms. The van der Waals surface area contributed by atoms with Gasteiger partial charge in [-0.25, -0.2) is 0 Å². The Hall–Kier alpha value is -7.94. The van der Waals surface area contributed by atoms with Gasteiger partial charge < -0.3 is 9.47 Å². The normalized spacial score (nSPS) is 11.3. The van der Waals surface area contributed by atoms with Gasteiger partial charge in [-0.1, -0.05) is 188 Å². The van der Waals surface area contributed by atoms with Crippen LogP contribution in [0.15, 0.2) is 243 Å². The molecule has 0 saturated heterocycles. The summed E-state index contributed by atoms with van der Waals surface area (Å²) in [5.41, 5.74) is 16.2. The Morgan fingerprint density at radius 2 is 0.800 bits per heavy atom. The molecule has 0 N–H and O–H groups in total. The van der Waals surface area contributed by atoms with Crippen LogP contribution in [0.1, 0.15) is 0 Å². The van der Waals surface area contributed by atoms with Crippen LogP contribution in [-0.2, 0) is 0 Å². The molecule has 11 rings (SSSR count). The third-order valence-corrected chi connectivity index (χ3v) is 11.8. The second-order valence-corrected chi connectivity index (χ2v) is 15.3. The highest BCUT2D eigenvalue weighted by molar-refractivity contribution is 6.17. The number of hydrogen-bond acceptors (Lipinski definition) is 1. The lowest BCUT2D eigenvalue weighted by atomic mass is 9.94. The molecule has 0 radical (unpaired) electrons. The number of nitrogens with zero attached hydrogens (tertiary/aromatic N) is 2. The molecular weight excluding hydrogens is 725 g/mol. The number of anilines is 3. The molecule has 0 amide bonds. The molecule has 11 aromatic rings. The lowest BCUT2D eigenvalue weighted by Crippen LogP contribution is -2.13. The van der Waals surface area contributed by atoms with E-state index >= 15 is 0 Å². The van der Waals surface area contributed by atoms with Gasteiger partial charge in [-0.15, -0.1) is 0 Å². The van der Waals surface area contributed by atoms with E-state index in [0.29, 0.717) is 0 Å². The van der Waals surface area contributed by atoms with E-state index in [1.807, 2.05) is 0 Å². The van der Waals surface area contributed by atoms with Crippen LogP contribution in [0.25, 0.3) is 82.8 Å². The van der Waals surface area contributed by atoms with Gasteiger partial charge in [0.1, 0.15) is 0 Å². The Kier molecular flexibility index (Phi) is 8.87. The molecule has 0 saturated carbocycles. The highest BCUT2D eigenvalue weighted by Gasteiger charge is 2.25. The highest BCUT2D eigenvalue weighted by atomic mass is 15.2. The van der Waals surface area contributed by atoms with Crippen LogP contribution >= 0.6 is 0 Å². The second kappa shape index (κ2) is 15.1. The van der Waals surface area contributed by atoms with E-state index in [1.54, 1.807) is 0 Å². The third-order valence-electron chi connectivity index (χ3n) is 11.8. The average Bonchev–Trinajstić information content (AvgIpc) is 3.68. The molecule has 0 aliphatic rings. The molecule has 1 aromatic heterocycles. The minimum absolute atomic E-state index is 1.10. The van der Waals surface area contributed by atoms with Crippen LogP contribution < -0.4 is 4.90 Å². The minimum Gasteiger partial charge on any atom is -0.309 e. The predicted octanol–water partition coefficient (Wildman–Crippen LogP) is 16.1. The van der Waals surface area contributed by atoms with Gasteiger partial charge in [-0.05, 0) is 98.8 Å². The summed E-state index contributed by atoms with van der Waals surface area (Å²) in [6.07, 6.45) is 0. The van der Waals surface area contributed by atoms with Gasteiger partial charge in [0.15, 0.2) is 0 Å². The van der Waals surface area contributed by atoms with Gasteiger partial charge in [0.2, 0.25) is 0 Å². The number of fused-ring (bicyclic) bond motifs is 4. The van der Waals surface area contributed by atoms with Crippen molar-refractivity contribution in [1.82, 2.24) is 4.57 Å². The zero-order chi connectivity index (χ0) is 39.8. The third kappa shape index (κ3) is 6.23. The SMILES string of the molecule is c1ccc(-c2ccc(-c3ccccc3N(c3ccc(-c4ccc5ccccc5c4)cc3-c3ccccc3)c3cccc4c3c3ccccc3n4-c3ccccc3)cc2)cc1. The zero-order valence-electron chi connectivity index (χ0n) is 33.0. The molecule has 2 heteroatoms. The number of rotatable bonds is 8. The maximum absolute atomic E-state index is 2.51. The van der Waals surface area contributed by atoms with Gasteiger partial charge in [0.05, 0.1) is 28.1 Å². The first kappa shape index (κ1) is 35.2. The fourth-order valence-electron chi connectivity index (χ4n) is 8.95. The Morgan fingerprint density at radius 3 is 1.60 bits per heavy atom. The van der Waals surface area contributed by atoms with Gasteiger partial charge in [0.25, 0.3) is 0 Å². The highest BCUT2D eigenvalue weighted by Crippen LogP contribution is 2.49. The van der Waals surface area contributed by atoms with Crippen LogP contribution in [0.5, 0.6) is 0 Å². The minimum atomic E-state index is 1.10. The summed E-state index contributed by atoms with van der Waals surface area (Å²) in [4.78, 5) is 2.51. The molecule has 0 unspecified atom stereocenters. The topological polar surface area (TPSA) is 8.17 Å². The van der Waals surface area contributed by atoms with Crippen molar-refractivity contribution in [3.8, 4) is 50.2 Å². The van der Waals surface area contributed by atoms with Crippen molar-refractivity contribution in [3.05, 3.63) is 243 Å². The Labute approximate surface area is 350 Å². The van der Waals surface area contributed by atoms with Crippen LogP contribution in [0.3, 0.4) is 0 Å². The van der Waals surface area contributed by atoms with Crippen molar-refractivity contribution in [1.29, 1.82) is 0 Å². The lowest BCUT2D eigenvalue weighted by molar-refractivity contribution is 1.18. The van der Waals surface area contributed by atoms with Crippen LogP contribution in [-0.4, -0.2) is 4.57 Å². The zero-order valence-corrected chi connectivity index (χ0v) is 33.0. The Balaban J connectivity index is 1.19. The summed E-state index contributed by atoms with van der Waals surface area (Å²) in [5.74, 6) is 0. The summed E-state index contributed by atoms with van der Waals surface area (Å²) in [6.45, 7) is 0. The van der Waals surface area contributed by atoms with Crippen molar-refractivity contribution in [2.75, 3.05) is 4.90 Å². The standard InChI is InChI=1S/C58H40N2/c1-4-17-41(18-5-1)43-31-34-45(35-32-43)50-25-12-14-27-53(50)60(57-30-16-29-56-58(57)51-26-13-15-28-54(51)59(56)49-23-8-3-9-24-49)55-38-37-48(40-52(55)44-20-6-2-7-21-44)47-36-33-42-19-10-11-22-46(42)39-47/h1-40H. The smallest absolute Gasteiger partial charge is 0.0562 e. The average molecular weight is 765 g/mol. The molecule has 0 spiro atoms. The number of benzene rings is 10. The van der Waals surface area contributed by atoms with E-state index in [4.69, 9.17) is 0 Å². The van der Waals surface area contributed by atoms with E-state index in [2.05, 4.69) is 252 Å². The first-order valence-electron chi connectivity index (χ1n) is 20.6. The largest absolute Gasteiger partial charge is 0.309 e. The fraction of sp³-hybridized carbons (Fsp3) is 0. The molecule has 0 fully saturated rings. The Bertz CT molecular complexity index is 3290. The fourth-order valence-corrected chi connectivity index (χ4v) is 8.95. The van der Waals surface area contributed by atoms with Crippen molar-refractivity contribution in [2.45, 2.75) is 0 Å². The van der Waals surface area contributed by atoms with Crippen molar-refractivity contribution in [2.24, 2.45) is 0 Å². The summed E-state index contributed by atoms with van der Waals surface area (Å²) < 4.78 is 2.40. The lowest BCUT2D eigenvalue weighted by Gasteiger charge is -2.31. The maximum Gasteiger partial charge on any atom is 0.0562 e. The van der Waals surface area contributed by atoms with Crippen LogP contribution in [0.4, 0.5) is 17.1 Å². The molecule has 0 aliphatic carbocycles. The van der Waals surface area contributed by atoms with Gasteiger partial charge >= 0.3 is 0 Å². The molecule has 60 heavy (non-hydrogen) atoms. The molecule has 1 heterocycles. The quantitative estimate of drug-likeness (QED) is 0.150. The predicted molar refractivity (Wildman–Crippen MR) is 255 cm³/mol. The second-order valence-electron chi connectivity index (χ2n) is 15.3. The van der Waals surface area contributed by atoms with Gasteiger partial charge in [-0.2, -0.15) is 0 Å². The summed E-state index contributed by atoms with van der Waals surface area (Å²) in [5, 5.41) is 4.87. The Morgan fingerprint density at radius 1 is 0.283 bits per heavy atom. The monoisotopic (exact) mass is 764 g/mol. The van der Waals surface area contributed by atoms with E-state index in [-0.39, 0.29) is 0 Å². The van der Waals surface area contributed by atoms with Crippen molar-refractivity contribution in [3.63, 3.8) is 0 Å². The number of hydrogen-bond donors (Lipinski definition) is 0. The van der Waals surface area contributed by atoms with E-state index in [1.165, 1.54) is 49.3 Å². The maximum atomic E-state index is 2.51. The molecule has 10 aromatic carbocycles. The van der Waals surface area contributed by atoms with Gasteiger partial charge in [0, 0.05) is 27.6 Å². The van der Waals surface area contributed by atoms with Crippen molar-refractivity contribution >= 4 is 49.6 Å². The summed E-state index contributed by atoms with van der Waals surface area (Å²) >= 11 is 0. The summed E-state index contributed by atoms with van der Waals surface area (Å²) in [7, 11) is 0. The molecule has 0 atom stereocenters. The molecule has 282 valence electrons. The summed E-state index contributed by atoms with van der Waals surface area (Å²) in [6, 6.07) is 88.0. The van der Waals surface area contributed by atoms with Crippen molar-refractivity contribution < 1.29 is 0 Å². The van der Waals surface area contributed by atoms with Crippen LogP contribution in [0.2, 0.25) is 0 Å². The van der Waals surface area contributed by atoms with E-state index < -0.39 is 0 Å². The number of aromatic nitrogens is 1. The first-order valence-corrected chi connectivity index (χ1v) is 20.6. The molecule has 2 nitrogen and oxygen atoms in total. The van der Waals surface area contributed by atoms with E-state index in [9.17, 15) is 0 Å². The van der Waals surface area contributed by atoms with Gasteiger partial charge in [-0.3, -0.25) is 0 Å². The van der Waals surface area contributed by atoms with E-state index in [0.717, 1.165) is 50.5 Å². The number of para-hydroxylation sites is 3. The van der Waals surface area contributed by atoms with Crippen LogP contribution in [0, 0.1) is 0 Å². The molecular formula is C58H40N2. The first-order chi connectivity index (χ1) is 29.8. The molecule has 0 aliphatic heterocycles.